The van der Waals surface area contributed by atoms with Crippen LogP contribution in [0.3, 0.4) is 0 Å². The molecule has 4 rings (SSSR count). The number of hydrogen-bond acceptors (Lipinski definition) is 3. The van der Waals surface area contributed by atoms with Gasteiger partial charge in [0.15, 0.2) is 0 Å². The first-order valence-corrected chi connectivity index (χ1v) is 9.57. The lowest BCUT2D eigenvalue weighted by atomic mass is 10.0. The summed E-state index contributed by atoms with van der Waals surface area (Å²) in [6.45, 7) is -0.185. The van der Waals surface area contributed by atoms with Crippen molar-refractivity contribution < 1.29 is 4.79 Å². The molecule has 0 saturated carbocycles. The largest absolute Gasteiger partial charge is 0.324 e. The van der Waals surface area contributed by atoms with E-state index >= 15 is 0 Å². The average molecular weight is 424 g/mol. The van der Waals surface area contributed by atoms with Crippen molar-refractivity contribution in [3.63, 3.8) is 0 Å². The summed E-state index contributed by atoms with van der Waals surface area (Å²) in [5.74, 6) is -0.343. The number of carbonyl (C=O) groups is 1. The number of amides is 1. The number of halogens is 2. The van der Waals surface area contributed by atoms with Crippen LogP contribution in [0.1, 0.15) is 0 Å². The van der Waals surface area contributed by atoms with Gasteiger partial charge in [0.2, 0.25) is 5.91 Å². The van der Waals surface area contributed by atoms with Crippen LogP contribution in [0.2, 0.25) is 10.0 Å². The first-order chi connectivity index (χ1) is 14.0. The molecule has 1 heterocycles. The molecule has 1 aromatic heterocycles. The third kappa shape index (κ3) is 4.01. The lowest BCUT2D eigenvalue weighted by molar-refractivity contribution is -0.116. The van der Waals surface area contributed by atoms with Gasteiger partial charge in [-0.1, -0.05) is 71.7 Å². The minimum absolute atomic E-state index is 0.185. The fraction of sp³-hybridized carbons (Fsp3) is 0.0455. The van der Waals surface area contributed by atoms with Gasteiger partial charge in [0.05, 0.1) is 22.3 Å². The second-order valence-corrected chi connectivity index (χ2v) is 7.26. The molecule has 0 bridgehead atoms. The summed E-state index contributed by atoms with van der Waals surface area (Å²) in [5, 5.41) is 3.77. The molecule has 29 heavy (non-hydrogen) atoms. The zero-order valence-electron chi connectivity index (χ0n) is 15.1. The number of anilines is 1. The summed E-state index contributed by atoms with van der Waals surface area (Å²) < 4.78 is 1.23. The number of rotatable bonds is 4. The van der Waals surface area contributed by atoms with Crippen molar-refractivity contribution in [3.05, 3.63) is 93.5 Å². The highest BCUT2D eigenvalue weighted by molar-refractivity contribution is 6.38. The Hall–Kier alpha value is -3.15. The predicted octanol–water partition coefficient (Wildman–Crippen LogP) is 5.01. The second-order valence-electron chi connectivity index (χ2n) is 6.42. The lowest BCUT2D eigenvalue weighted by Gasteiger charge is -2.12. The van der Waals surface area contributed by atoms with Crippen LogP contribution in [0, 0.1) is 0 Å². The highest BCUT2D eigenvalue weighted by Gasteiger charge is 2.13. The molecule has 3 aromatic carbocycles. The normalized spacial score (nSPS) is 10.8. The van der Waals surface area contributed by atoms with Crippen LogP contribution in [0.25, 0.3) is 22.0 Å². The number of nitrogens with zero attached hydrogens (tertiary/aromatic N) is 2. The Bertz CT molecular complexity index is 1270. The van der Waals surface area contributed by atoms with E-state index in [2.05, 4.69) is 10.3 Å². The van der Waals surface area contributed by atoms with Crippen molar-refractivity contribution >= 4 is 45.7 Å². The molecule has 0 atom stereocenters. The molecule has 1 N–H and O–H groups in total. The number of para-hydroxylation sites is 1. The first-order valence-electron chi connectivity index (χ1n) is 8.81. The van der Waals surface area contributed by atoms with E-state index in [1.807, 2.05) is 54.6 Å². The molecule has 0 radical (unpaired) electrons. The van der Waals surface area contributed by atoms with Gasteiger partial charge in [-0.25, -0.2) is 4.98 Å². The zero-order chi connectivity index (χ0) is 20.4. The topological polar surface area (TPSA) is 64.0 Å². The molecular formula is C22H15Cl2N3O2. The van der Waals surface area contributed by atoms with Gasteiger partial charge in [-0.2, -0.15) is 0 Å². The quantitative estimate of drug-likeness (QED) is 0.501. The van der Waals surface area contributed by atoms with E-state index < -0.39 is 0 Å². The highest BCUT2D eigenvalue weighted by atomic mass is 35.5. The Morgan fingerprint density at radius 3 is 2.52 bits per heavy atom. The van der Waals surface area contributed by atoms with E-state index in [1.54, 1.807) is 0 Å². The molecule has 0 aliphatic rings. The molecule has 7 heteroatoms. The van der Waals surface area contributed by atoms with Crippen molar-refractivity contribution in [2.75, 3.05) is 5.32 Å². The maximum atomic E-state index is 12.7. The van der Waals surface area contributed by atoms with Crippen molar-refractivity contribution in [1.82, 2.24) is 9.55 Å². The van der Waals surface area contributed by atoms with Crippen LogP contribution in [0.5, 0.6) is 0 Å². The van der Waals surface area contributed by atoms with Gasteiger partial charge in [0.1, 0.15) is 6.54 Å². The molecule has 5 nitrogen and oxygen atoms in total. The zero-order valence-corrected chi connectivity index (χ0v) is 16.6. The number of nitrogens with one attached hydrogen (secondary N) is 1. The van der Waals surface area contributed by atoms with Crippen molar-refractivity contribution in [2.45, 2.75) is 6.54 Å². The summed E-state index contributed by atoms with van der Waals surface area (Å²) >= 11 is 12.1. The number of fused-ring (bicyclic) bond motifs is 1. The van der Waals surface area contributed by atoms with Crippen LogP contribution >= 0.6 is 23.2 Å². The lowest BCUT2D eigenvalue weighted by Crippen LogP contribution is -2.28. The van der Waals surface area contributed by atoms with Crippen LogP contribution in [0.15, 0.2) is 77.9 Å². The maximum Gasteiger partial charge on any atom is 0.261 e. The molecule has 0 spiro atoms. The summed E-state index contributed by atoms with van der Waals surface area (Å²) in [7, 11) is 0. The summed E-state index contributed by atoms with van der Waals surface area (Å²) in [4.78, 5) is 29.6. The number of carbonyl (C=O) groups excluding carboxylic acids is 1. The third-order valence-corrected chi connectivity index (χ3v) is 4.95. The highest BCUT2D eigenvalue weighted by Crippen LogP contribution is 2.27. The fourth-order valence-corrected chi connectivity index (χ4v) is 3.66. The van der Waals surface area contributed by atoms with E-state index in [9.17, 15) is 9.59 Å². The minimum atomic E-state index is -0.383. The van der Waals surface area contributed by atoms with Gasteiger partial charge in [-0.3, -0.25) is 14.2 Å². The average Bonchev–Trinajstić information content (AvgIpc) is 2.71. The number of hydrogen-bond donors (Lipinski definition) is 1. The molecule has 144 valence electrons. The van der Waals surface area contributed by atoms with E-state index in [1.165, 1.54) is 23.0 Å². The fourth-order valence-electron chi connectivity index (χ4n) is 3.11. The summed E-state index contributed by atoms with van der Waals surface area (Å²) in [6.07, 6.45) is 1.31. The maximum absolute atomic E-state index is 12.7. The van der Waals surface area contributed by atoms with Gasteiger partial charge in [-0.15, -0.1) is 0 Å². The first kappa shape index (κ1) is 19.2. The Morgan fingerprint density at radius 2 is 1.72 bits per heavy atom. The van der Waals surface area contributed by atoms with Crippen molar-refractivity contribution in [2.24, 2.45) is 0 Å². The van der Waals surface area contributed by atoms with E-state index in [-0.39, 0.29) is 28.4 Å². The SMILES string of the molecule is O=C(Cn1cnc2c(Cl)cc(Cl)cc2c1=O)Nc1ccccc1-c1ccccc1. The number of benzene rings is 3. The van der Waals surface area contributed by atoms with Crippen molar-refractivity contribution in [3.8, 4) is 11.1 Å². The van der Waals surface area contributed by atoms with Gasteiger partial charge in [0, 0.05) is 16.3 Å². The molecule has 0 fully saturated rings. The van der Waals surface area contributed by atoms with Crippen LogP contribution in [0.4, 0.5) is 5.69 Å². The molecule has 0 unspecified atom stereocenters. The van der Waals surface area contributed by atoms with Crippen LogP contribution < -0.4 is 10.9 Å². The standard InChI is InChI=1S/C22H15Cl2N3O2/c23-15-10-17-21(18(24)11-15)25-13-27(22(17)29)12-20(28)26-19-9-5-4-8-16(19)14-6-2-1-3-7-14/h1-11,13H,12H2,(H,26,28). The molecule has 1 amide bonds. The van der Waals surface area contributed by atoms with Gasteiger partial charge in [-0.05, 0) is 23.8 Å². The summed E-state index contributed by atoms with van der Waals surface area (Å²) in [6, 6.07) is 20.3. The van der Waals surface area contributed by atoms with Crippen LogP contribution in [-0.4, -0.2) is 15.5 Å². The molecular weight excluding hydrogens is 409 g/mol. The Labute approximate surface area is 176 Å². The van der Waals surface area contributed by atoms with Gasteiger partial charge in [0.25, 0.3) is 5.56 Å². The molecule has 0 aliphatic carbocycles. The predicted molar refractivity (Wildman–Crippen MR) is 117 cm³/mol. The Balaban J connectivity index is 1.62. The third-order valence-electron chi connectivity index (χ3n) is 4.45. The summed E-state index contributed by atoms with van der Waals surface area (Å²) in [5.41, 5.74) is 2.51. The van der Waals surface area contributed by atoms with Crippen LogP contribution in [-0.2, 0) is 11.3 Å². The smallest absolute Gasteiger partial charge is 0.261 e. The van der Waals surface area contributed by atoms with E-state index in [0.29, 0.717) is 16.2 Å². The van der Waals surface area contributed by atoms with Crippen molar-refractivity contribution in [1.29, 1.82) is 0 Å². The minimum Gasteiger partial charge on any atom is -0.324 e. The van der Waals surface area contributed by atoms with Gasteiger partial charge >= 0.3 is 0 Å². The molecule has 4 aromatic rings. The van der Waals surface area contributed by atoms with Gasteiger partial charge < -0.3 is 5.32 Å². The molecule has 0 aliphatic heterocycles. The molecule has 0 saturated heterocycles. The van der Waals surface area contributed by atoms with E-state index in [4.69, 9.17) is 23.2 Å². The Morgan fingerprint density at radius 1 is 1.00 bits per heavy atom. The monoisotopic (exact) mass is 423 g/mol. The second kappa shape index (κ2) is 8.07. The van der Waals surface area contributed by atoms with E-state index in [0.717, 1.165) is 11.1 Å². The number of aromatic nitrogens is 2. The Kier molecular flexibility index (Phi) is 5.34.